The number of amides is 3. The second-order valence-electron chi connectivity index (χ2n) is 10.8. The van der Waals surface area contributed by atoms with E-state index in [2.05, 4.69) is 5.32 Å². The van der Waals surface area contributed by atoms with Gasteiger partial charge in [0.2, 0.25) is 5.91 Å². The first-order valence-electron chi connectivity index (χ1n) is 12.7. The first kappa shape index (κ1) is 26.6. The van der Waals surface area contributed by atoms with Crippen LogP contribution in [0.2, 0.25) is 0 Å². The van der Waals surface area contributed by atoms with Crippen LogP contribution < -0.4 is 10.1 Å². The molecule has 1 aromatic carbocycles. The quantitative estimate of drug-likeness (QED) is 0.581. The normalized spacial score (nSPS) is 25.6. The second-order valence-corrected chi connectivity index (χ2v) is 10.8. The number of nitrogens with zero attached hydrogens (tertiary/aromatic N) is 2. The number of benzene rings is 1. The molecule has 1 fully saturated rings. The van der Waals surface area contributed by atoms with Gasteiger partial charge >= 0.3 is 18.2 Å². The molecule has 3 heterocycles. The number of nitrogens with one attached hydrogen (secondary N) is 1. The number of hydrogen-bond donors (Lipinski definition) is 2. The van der Waals surface area contributed by atoms with E-state index in [1.807, 2.05) is 18.2 Å². The Morgan fingerprint density at radius 3 is 2.49 bits per heavy atom. The summed E-state index contributed by atoms with van der Waals surface area (Å²) in [5.41, 5.74) is 1.17. The van der Waals surface area contributed by atoms with E-state index >= 15 is 0 Å². The number of carbonyl (C=O) groups excluding carboxylic acids is 3. The second kappa shape index (κ2) is 10.9. The Labute approximate surface area is 216 Å². The van der Waals surface area contributed by atoms with Gasteiger partial charge in [-0.05, 0) is 36.3 Å². The van der Waals surface area contributed by atoms with Crippen LogP contribution in [0.3, 0.4) is 0 Å². The predicted octanol–water partition coefficient (Wildman–Crippen LogP) is 2.90. The van der Waals surface area contributed by atoms with E-state index in [0.29, 0.717) is 26.1 Å². The lowest BCUT2D eigenvalue weighted by molar-refractivity contribution is -0.150. The molecule has 3 aliphatic rings. The fraction of sp³-hybridized carbons (Fsp3) is 0.615. The van der Waals surface area contributed by atoms with Crippen molar-refractivity contribution in [2.24, 2.45) is 5.41 Å². The van der Waals surface area contributed by atoms with Crippen LogP contribution in [0.25, 0.3) is 0 Å². The number of carbonyl (C=O) groups is 4. The molecule has 1 aromatic rings. The number of carboxylic acid groups (broad SMARTS) is 1. The number of aliphatic carboxylic acids is 1. The Hall–Kier alpha value is -3.50. The lowest BCUT2D eigenvalue weighted by Crippen LogP contribution is -2.57. The number of ether oxygens (including phenoxy) is 3. The highest BCUT2D eigenvalue weighted by atomic mass is 16.6. The molecule has 3 aliphatic heterocycles. The fourth-order valence-electron chi connectivity index (χ4n) is 4.93. The summed E-state index contributed by atoms with van der Waals surface area (Å²) in [6, 6.07) is 3.49. The van der Waals surface area contributed by atoms with Crippen molar-refractivity contribution >= 4 is 24.1 Å². The van der Waals surface area contributed by atoms with Crippen LogP contribution in [0.1, 0.15) is 57.6 Å². The number of rotatable bonds is 1. The van der Waals surface area contributed by atoms with Gasteiger partial charge < -0.3 is 29.5 Å². The summed E-state index contributed by atoms with van der Waals surface area (Å²) in [6.07, 6.45) is 0.0182. The number of alkyl carbamates (subject to hydrolysis) is 1. The van der Waals surface area contributed by atoms with E-state index in [-0.39, 0.29) is 19.6 Å². The third-order valence-corrected chi connectivity index (χ3v) is 6.95. The van der Waals surface area contributed by atoms with Gasteiger partial charge in [-0.25, -0.2) is 14.4 Å². The van der Waals surface area contributed by atoms with Gasteiger partial charge in [0.25, 0.3) is 0 Å². The van der Waals surface area contributed by atoms with Gasteiger partial charge in [0.1, 0.15) is 23.9 Å². The number of hydrogen-bond acceptors (Lipinski definition) is 7. The van der Waals surface area contributed by atoms with E-state index in [9.17, 15) is 24.3 Å². The van der Waals surface area contributed by atoms with Crippen LogP contribution in [0.5, 0.6) is 5.75 Å². The number of carboxylic acids is 1. The molecule has 11 nitrogen and oxygen atoms in total. The lowest BCUT2D eigenvalue weighted by atomic mass is 9.85. The van der Waals surface area contributed by atoms with Gasteiger partial charge in [0.15, 0.2) is 0 Å². The fourth-order valence-corrected chi connectivity index (χ4v) is 4.93. The summed E-state index contributed by atoms with van der Waals surface area (Å²) in [4.78, 5) is 53.8. The van der Waals surface area contributed by atoms with Gasteiger partial charge in [-0.15, -0.1) is 0 Å². The summed E-state index contributed by atoms with van der Waals surface area (Å²) in [6.45, 7) is 6.60. The van der Waals surface area contributed by atoms with Gasteiger partial charge in [-0.3, -0.25) is 9.69 Å². The molecule has 3 amide bonds. The average Bonchev–Trinajstić information content (AvgIpc) is 3.45. The van der Waals surface area contributed by atoms with Crippen molar-refractivity contribution in [3.05, 3.63) is 29.3 Å². The predicted molar refractivity (Wildman–Crippen MR) is 131 cm³/mol. The zero-order chi connectivity index (χ0) is 26.7. The maximum absolute atomic E-state index is 13.5. The largest absolute Gasteiger partial charge is 0.493 e. The Bertz CT molecular complexity index is 1050. The zero-order valence-electron chi connectivity index (χ0n) is 21.5. The van der Waals surface area contributed by atoms with Gasteiger partial charge in [0, 0.05) is 18.5 Å². The van der Waals surface area contributed by atoms with Crippen molar-refractivity contribution in [1.29, 1.82) is 0 Å². The smallest absolute Gasteiger partial charge is 0.410 e. The lowest BCUT2D eigenvalue weighted by Gasteiger charge is -2.34. The first-order valence-corrected chi connectivity index (χ1v) is 12.7. The molecular weight excluding hydrogens is 482 g/mol. The molecule has 0 saturated carbocycles. The topological polar surface area (TPSA) is 135 Å². The minimum Gasteiger partial charge on any atom is -0.493 e. The van der Waals surface area contributed by atoms with Crippen molar-refractivity contribution in [3.8, 4) is 5.75 Å². The number of fused-ring (bicyclic) bond motifs is 3. The van der Waals surface area contributed by atoms with Crippen molar-refractivity contribution in [2.75, 3.05) is 19.8 Å². The monoisotopic (exact) mass is 517 g/mol. The summed E-state index contributed by atoms with van der Waals surface area (Å²) >= 11 is 0. The zero-order valence-corrected chi connectivity index (χ0v) is 21.5. The molecule has 4 bridgehead atoms. The molecule has 2 N–H and O–H groups in total. The maximum Gasteiger partial charge on any atom is 0.410 e. The Kier molecular flexibility index (Phi) is 7.79. The van der Waals surface area contributed by atoms with Crippen LogP contribution in [0, 0.1) is 5.41 Å². The molecule has 37 heavy (non-hydrogen) atoms. The highest BCUT2D eigenvalue weighted by Gasteiger charge is 2.46. The Morgan fingerprint density at radius 2 is 1.78 bits per heavy atom. The third-order valence-electron chi connectivity index (χ3n) is 6.95. The molecule has 202 valence electrons. The number of cyclic esters (lactones) is 1. The molecule has 1 unspecified atom stereocenters. The molecule has 4 rings (SSSR count). The molecule has 1 saturated heterocycles. The van der Waals surface area contributed by atoms with Gasteiger partial charge in [-0.1, -0.05) is 32.9 Å². The summed E-state index contributed by atoms with van der Waals surface area (Å²) < 4.78 is 16.9. The summed E-state index contributed by atoms with van der Waals surface area (Å²) in [5.74, 6) is -1.04. The van der Waals surface area contributed by atoms with Crippen molar-refractivity contribution in [1.82, 2.24) is 15.1 Å². The molecule has 0 radical (unpaired) electrons. The molecule has 0 aromatic heterocycles. The van der Waals surface area contributed by atoms with E-state index < -0.39 is 47.7 Å². The van der Waals surface area contributed by atoms with Crippen molar-refractivity contribution in [3.63, 3.8) is 0 Å². The summed E-state index contributed by atoms with van der Waals surface area (Å²) in [5, 5.41) is 12.4. The van der Waals surface area contributed by atoms with E-state index in [1.165, 1.54) is 4.90 Å². The van der Waals surface area contributed by atoms with E-state index in [1.54, 1.807) is 25.7 Å². The minimum absolute atomic E-state index is 0.0384. The summed E-state index contributed by atoms with van der Waals surface area (Å²) in [7, 11) is 0. The van der Waals surface area contributed by atoms with Crippen LogP contribution in [-0.4, -0.2) is 76.9 Å². The van der Waals surface area contributed by atoms with Crippen LogP contribution in [-0.2, 0) is 32.2 Å². The molecule has 0 aliphatic carbocycles. The van der Waals surface area contributed by atoms with Crippen LogP contribution in [0.4, 0.5) is 9.59 Å². The Morgan fingerprint density at radius 1 is 1.05 bits per heavy atom. The van der Waals surface area contributed by atoms with Crippen LogP contribution >= 0.6 is 0 Å². The third kappa shape index (κ3) is 6.08. The van der Waals surface area contributed by atoms with Gasteiger partial charge in [-0.2, -0.15) is 0 Å². The highest BCUT2D eigenvalue weighted by molar-refractivity contribution is 5.90. The maximum atomic E-state index is 13.5. The molecule has 11 heteroatoms. The highest BCUT2D eigenvalue weighted by Crippen LogP contribution is 2.33. The molecule has 0 spiro atoms. The van der Waals surface area contributed by atoms with E-state index in [0.717, 1.165) is 29.7 Å². The minimum atomic E-state index is -1.20. The first-order chi connectivity index (χ1) is 17.5. The SMILES string of the molecule is CC(C)(C)[C@@H]1NC(=O)OCCCCCOc2cccc3c2CN(C3)C(=O)O[C@@H]2CC(C(=O)O)N(C2)C1=O. The van der Waals surface area contributed by atoms with E-state index in [4.69, 9.17) is 14.2 Å². The average molecular weight is 518 g/mol. The molecule has 3 atom stereocenters. The van der Waals surface area contributed by atoms with Crippen molar-refractivity contribution in [2.45, 2.75) is 77.7 Å². The van der Waals surface area contributed by atoms with Gasteiger partial charge in [0.05, 0.1) is 26.3 Å². The standard InChI is InChI=1S/C26H35N3O8/c1-26(2,3)21-22(30)29-14-17(12-19(29)23(31)32)37-25(34)28-13-16-8-7-9-20(18(16)15-28)35-10-5-4-6-11-36-24(33)27-21/h7-9,17,19,21H,4-6,10-15H2,1-3H3,(H,27,33)(H,31,32)/t17-,19?,21-/m1/s1. The van der Waals surface area contributed by atoms with Crippen molar-refractivity contribution < 1.29 is 38.5 Å². The molecular formula is C26H35N3O8. The van der Waals surface area contributed by atoms with Crippen LogP contribution in [0.15, 0.2) is 18.2 Å². The Balaban J connectivity index is 1.57.